The Morgan fingerprint density at radius 3 is 2.70 bits per heavy atom. The molecule has 27 heavy (non-hydrogen) atoms. The number of piperidine rings is 1. The molecule has 2 aromatic carbocycles. The van der Waals surface area contributed by atoms with Crippen LogP contribution in [0.4, 0.5) is 0 Å². The topological polar surface area (TPSA) is 68.5 Å². The number of aromatic nitrogens is 5. The monoisotopic (exact) mass is 358 g/mol. The summed E-state index contributed by atoms with van der Waals surface area (Å²) in [6, 6.07) is 10.6. The highest BCUT2D eigenvalue weighted by Gasteiger charge is 2.19. The Hall–Kier alpha value is -2.86. The van der Waals surface area contributed by atoms with Gasteiger partial charge in [0.15, 0.2) is 5.82 Å². The molecular formula is C21H22N6. The molecule has 136 valence electrons. The van der Waals surface area contributed by atoms with Crippen LogP contribution in [0.15, 0.2) is 36.5 Å². The van der Waals surface area contributed by atoms with Crippen molar-refractivity contribution >= 4 is 21.9 Å². The molecule has 0 amide bonds. The second kappa shape index (κ2) is 6.39. The third kappa shape index (κ3) is 2.96. The van der Waals surface area contributed by atoms with E-state index in [0.29, 0.717) is 5.92 Å². The fourth-order valence-electron chi connectivity index (χ4n) is 3.98. The van der Waals surface area contributed by atoms with Crippen molar-refractivity contribution in [2.24, 2.45) is 7.05 Å². The molecule has 1 fully saturated rings. The lowest BCUT2D eigenvalue weighted by Gasteiger charge is -2.20. The Bertz CT molecular complexity index is 1140. The van der Waals surface area contributed by atoms with Crippen LogP contribution in [0.1, 0.15) is 30.1 Å². The van der Waals surface area contributed by atoms with Crippen LogP contribution in [0.2, 0.25) is 0 Å². The van der Waals surface area contributed by atoms with E-state index in [1.165, 1.54) is 11.1 Å². The van der Waals surface area contributed by atoms with Gasteiger partial charge >= 0.3 is 0 Å². The van der Waals surface area contributed by atoms with E-state index < -0.39 is 0 Å². The highest BCUT2D eigenvalue weighted by Crippen LogP contribution is 2.29. The van der Waals surface area contributed by atoms with E-state index in [2.05, 4.69) is 64.1 Å². The number of aryl methyl sites for hydroxylation is 2. The molecule has 0 bridgehead atoms. The number of rotatable bonds is 2. The van der Waals surface area contributed by atoms with Gasteiger partial charge in [-0.3, -0.25) is 4.68 Å². The lowest BCUT2D eigenvalue weighted by atomic mass is 9.97. The van der Waals surface area contributed by atoms with E-state index >= 15 is 0 Å². The lowest BCUT2D eigenvalue weighted by molar-refractivity contribution is 0.443. The largest absolute Gasteiger partial charge is 0.317 e. The molecule has 4 aromatic rings. The van der Waals surface area contributed by atoms with Gasteiger partial charge in [-0.05, 0) is 73.8 Å². The van der Waals surface area contributed by atoms with Crippen LogP contribution < -0.4 is 5.32 Å². The van der Waals surface area contributed by atoms with Crippen LogP contribution in [-0.4, -0.2) is 38.1 Å². The molecule has 2 aromatic heterocycles. The SMILES string of the molecule is Cc1cc(-c2ccc3nc(C4CCNCC4)nnc3c2)cc2cn(C)nc12. The quantitative estimate of drug-likeness (QED) is 0.595. The first kappa shape index (κ1) is 16.3. The summed E-state index contributed by atoms with van der Waals surface area (Å²) in [6.45, 7) is 4.16. The Balaban J connectivity index is 1.54. The van der Waals surface area contributed by atoms with Gasteiger partial charge in [0.1, 0.15) is 5.52 Å². The molecular weight excluding hydrogens is 336 g/mol. The average molecular weight is 358 g/mol. The van der Waals surface area contributed by atoms with E-state index in [0.717, 1.165) is 59.3 Å². The zero-order chi connectivity index (χ0) is 18.4. The van der Waals surface area contributed by atoms with E-state index in [-0.39, 0.29) is 0 Å². The Labute approximate surface area is 157 Å². The first-order valence-corrected chi connectivity index (χ1v) is 9.47. The van der Waals surface area contributed by atoms with Gasteiger partial charge < -0.3 is 5.32 Å². The van der Waals surface area contributed by atoms with Gasteiger partial charge in [0.2, 0.25) is 0 Å². The number of nitrogens with one attached hydrogen (secondary N) is 1. The third-order valence-corrected chi connectivity index (χ3v) is 5.42. The van der Waals surface area contributed by atoms with Crippen LogP contribution >= 0.6 is 0 Å². The predicted molar refractivity (Wildman–Crippen MR) is 107 cm³/mol. The van der Waals surface area contributed by atoms with Crippen LogP contribution in [0.5, 0.6) is 0 Å². The number of hydrogen-bond acceptors (Lipinski definition) is 5. The lowest BCUT2D eigenvalue weighted by Crippen LogP contribution is -2.27. The minimum atomic E-state index is 0.415. The van der Waals surface area contributed by atoms with Crippen molar-refractivity contribution < 1.29 is 0 Å². The zero-order valence-corrected chi connectivity index (χ0v) is 15.6. The van der Waals surface area contributed by atoms with E-state index in [9.17, 15) is 0 Å². The molecule has 0 spiro atoms. The summed E-state index contributed by atoms with van der Waals surface area (Å²) in [5.41, 5.74) is 6.28. The van der Waals surface area contributed by atoms with E-state index in [1.807, 2.05) is 11.7 Å². The third-order valence-electron chi connectivity index (χ3n) is 5.42. The van der Waals surface area contributed by atoms with Crippen molar-refractivity contribution in [1.29, 1.82) is 0 Å². The summed E-state index contributed by atoms with van der Waals surface area (Å²) in [7, 11) is 1.95. The number of fused-ring (bicyclic) bond motifs is 2. The second-order valence-electron chi connectivity index (χ2n) is 7.43. The first-order valence-electron chi connectivity index (χ1n) is 9.47. The summed E-state index contributed by atoms with van der Waals surface area (Å²) in [5, 5.41) is 18.0. The Morgan fingerprint density at radius 2 is 1.85 bits per heavy atom. The first-order chi connectivity index (χ1) is 13.2. The maximum Gasteiger partial charge on any atom is 0.154 e. The normalized spacial score (nSPS) is 15.6. The fraction of sp³-hybridized carbons (Fsp3) is 0.333. The van der Waals surface area contributed by atoms with Gasteiger partial charge in [-0.2, -0.15) is 5.10 Å². The van der Waals surface area contributed by atoms with Crippen molar-refractivity contribution in [3.05, 3.63) is 47.9 Å². The molecule has 5 rings (SSSR count). The Kier molecular flexibility index (Phi) is 3.86. The predicted octanol–water partition coefficient (Wildman–Crippen LogP) is 3.35. The summed E-state index contributed by atoms with van der Waals surface area (Å²) < 4.78 is 1.86. The highest BCUT2D eigenvalue weighted by atomic mass is 15.2. The van der Waals surface area contributed by atoms with Gasteiger partial charge in [-0.1, -0.05) is 6.07 Å². The van der Waals surface area contributed by atoms with Crippen molar-refractivity contribution in [2.75, 3.05) is 13.1 Å². The van der Waals surface area contributed by atoms with Gasteiger partial charge in [-0.15, -0.1) is 10.2 Å². The molecule has 0 atom stereocenters. The molecule has 6 nitrogen and oxygen atoms in total. The maximum atomic E-state index is 4.79. The van der Waals surface area contributed by atoms with Crippen LogP contribution in [-0.2, 0) is 7.05 Å². The Morgan fingerprint density at radius 1 is 1.00 bits per heavy atom. The van der Waals surface area contributed by atoms with Gasteiger partial charge in [0.25, 0.3) is 0 Å². The molecule has 3 heterocycles. The standard InChI is InChI=1S/C21H22N6/c1-13-9-16(10-17-12-27(2)26-20(13)17)15-3-4-18-19(11-15)24-25-21(23-18)14-5-7-22-8-6-14/h3-4,9-12,14,22H,5-8H2,1-2H3. The summed E-state index contributed by atoms with van der Waals surface area (Å²) in [4.78, 5) is 4.79. The van der Waals surface area contributed by atoms with Crippen molar-refractivity contribution in [2.45, 2.75) is 25.7 Å². The van der Waals surface area contributed by atoms with E-state index in [1.54, 1.807) is 0 Å². The van der Waals surface area contributed by atoms with Gasteiger partial charge in [-0.25, -0.2) is 4.98 Å². The van der Waals surface area contributed by atoms with Crippen LogP contribution in [0.3, 0.4) is 0 Å². The van der Waals surface area contributed by atoms with Crippen molar-refractivity contribution in [3.63, 3.8) is 0 Å². The van der Waals surface area contributed by atoms with Crippen molar-refractivity contribution in [3.8, 4) is 11.1 Å². The summed E-state index contributed by atoms with van der Waals surface area (Å²) >= 11 is 0. The molecule has 0 aliphatic carbocycles. The van der Waals surface area contributed by atoms with Crippen molar-refractivity contribution in [1.82, 2.24) is 30.3 Å². The van der Waals surface area contributed by atoms with Crippen LogP contribution in [0.25, 0.3) is 33.1 Å². The molecule has 1 aliphatic heterocycles. The van der Waals surface area contributed by atoms with Gasteiger partial charge in [0.05, 0.1) is 11.0 Å². The number of benzene rings is 2. The number of nitrogens with zero attached hydrogens (tertiary/aromatic N) is 5. The maximum absolute atomic E-state index is 4.79. The molecule has 0 saturated carbocycles. The number of hydrogen-bond donors (Lipinski definition) is 1. The van der Waals surface area contributed by atoms with E-state index in [4.69, 9.17) is 4.98 Å². The molecule has 1 saturated heterocycles. The summed E-state index contributed by atoms with van der Waals surface area (Å²) in [5.74, 6) is 1.29. The molecule has 1 N–H and O–H groups in total. The smallest absolute Gasteiger partial charge is 0.154 e. The fourth-order valence-corrected chi connectivity index (χ4v) is 3.98. The average Bonchev–Trinajstić information content (AvgIpc) is 3.09. The molecule has 0 radical (unpaired) electrons. The minimum Gasteiger partial charge on any atom is -0.317 e. The molecule has 0 unspecified atom stereocenters. The van der Waals surface area contributed by atoms with Crippen LogP contribution in [0, 0.1) is 6.92 Å². The second-order valence-corrected chi connectivity index (χ2v) is 7.43. The molecule has 1 aliphatic rings. The minimum absolute atomic E-state index is 0.415. The molecule has 6 heteroatoms. The summed E-state index contributed by atoms with van der Waals surface area (Å²) in [6.07, 6.45) is 4.21. The zero-order valence-electron chi connectivity index (χ0n) is 15.6. The highest BCUT2D eigenvalue weighted by molar-refractivity contribution is 5.89. The van der Waals surface area contributed by atoms with Gasteiger partial charge in [0, 0.05) is 24.5 Å².